The lowest BCUT2D eigenvalue weighted by atomic mass is 10.1. The molecule has 4 atom stereocenters. The Labute approximate surface area is 128 Å². The maximum absolute atomic E-state index is 10.1. The molecule has 2 aromatic heterocycles. The molecule has 1 aliphatic rings. The zero-order valence-corrected chi connectivity index (χ0v) is 11.7. The van der Waals surface area contributed by atoms with Crippen LogP contribution >= 0.6 is 0 Å². The lowest BCUT2D eigenvalue weighted by Crippen LogP contribution is -2.34. The average Bonchev–Trinajstić information content (AvgIpc) is 3.08. The summed E-state index contributed by atoms with van der Waals surface area (Å²) in [6.07, 6.45) is -2.16. The Balaban J connectivity index is 2.04. The predicted molar refractivity (Wildman–Crippen MR) is 74.5 cm³/mol. The zero-order chi connectivity index (χ0) is 16.7. The van der Waals surface area contributed by atoms with Crippen LogP contribution in [0.3, 0.4) is 0 Å². The fourth-order valence-electron chi connectivity index (χ4n) is 2.40. The van der Waals surface area contributed by atoms with Crippen molar-refractivity contribution in [1.82, 2.24) is 19.5 Å². The van der Waals surface area contributed by atoms with Gasteiger partial charge in [-0.05, 0) is 0 Å². The van der Waals surface area contributed by atoms with E-state index in [2.05, 4.69) is 15.0 Å². The summed E-state index contributed by atoms with van der Waals surface area (Å²) >= 11 is 0. The van der Waals surface area contributed by atoms with E-state index in [9.17, 15) is 15.4 Å². The summed E-state index contributed by atoms with van der Waals surface area (Å²) in [7, 11) is 0. The van der Waals surface area contributed by atoms with Crippen LogP contribution in [0.5, 0.6) is 0 Å². The molecule has 0 bridgehead atoms. The van der Waals surface area contributed by atoms with Crippen LogP contribution in [0.15, 0.2) is 12.7 Å². The number of fused-ring (bicyclic) bond motifs is 1. The van der Waals surface area contributed by atoms with E-state index in [0.29, 0.717) is 5.06 Å². The van der Waals surface area contributed by atoms with Gasteiger partial charge in [-0.1, -0.05) is 0 Å². The maximum Gasteiger partial charge on any atom is 0.219 e. The number of aliphatic hydroxyl groups is 3. The first kappa shape index (κ1) is 15.5. The number of hydrogen-bond donors (Lipinski definition) is 6. The second-order valence-electron chi connectivity index (χ2n) is 4.95. The van der Waals surface area contributed by atoms with Crippen molar-refractivity contribution in [3.63, 3.8) is 0 Å². The Morgan fingerprint density at radius 1 is 1.35 bits per heavy atom. The molecule has 0 unspecified atom stereocenters. The molecule has 0 spiro atoms. The summed E-state index contributed by atoms with van der Waals surface area (Å²) in [6.45, 7) is -0.462. The molecule has 0 radical (unpaired) electrons. The quantitative estimate of drug-likeness (QED) is 0.200. The number of anilines is 1. The van der Waals surface area contributed by atoms with Crippen molar-refractivity contribution < 1.29 is 25.3 Å². The molecule has 23 heavy (non-hydrogen) atoms. The van der Waals surface area contributed by atoms with Gasteiger partial charge in [0.15, 0.2) is 23.2 Å². The van der Waals surface area contributed by atoms with Crippen molar-refractivity contribution in [2.45, 2.75) is 24.5 Å². The average molecular weight is 325 g/mol. The largest absolute Gasteiger partial charge is 0.394 e. The van der Waals surface area contributed by atoms with Gasteiger partial charge < -0.3 is 25.8 Å². The molecule has 2 aromatic rings. The highest BCUT2D eigenvalue weighted by molar-refractivity contribution is 5.96. The third kappa shape index (κ3) is 2.38. The summed E-state index contributed by atoms with van der Waals surface area (Å²) in [5.74, 6) is -0.777. The Hall–Kier alpha value is -2.38. The summed E-state index contributed by atoms with van der Waals surface area (Å²) in [5.41, 5.74) is 5.50. The standard InChI is InChI=1S/C11H15N7O5/c12-11(13)18(22)9-5-8(14-2-15-9)17(3-16-5)10-7(21)6(20)4(1-19)23-10/h2-4,6-7,10,19-22H,1H2,(H3,12,13)/t4-,6+,7+,10-/m1/s1. The Morgan fingerprint density at radius 2 is 2.09 bits per heavy atom. The molecule has 7 N–H and O–H groups in total. The molecule has 0 saturated carbocycles. The number of nitrogens with one attached hydrogen (secondary N) is 1. The number of aliphatic hydroxyl groups excluding tert-OH is 3. The predicted octanol–water partition coefficient (Wildman–Crippen LogP) is -2.47. The van der Waals surface area contributed by atoms with Crippen LogP contribution in [0.1, 0.15) is 6.23 Å². The third-order valence-electron chi connectivity index (χ3n) is 3.56. The van der Waals surface area contributed by atoms with Crippen molar-refractivity contribution in [3.05, 3.63) is 12.7 Å². The van der Waals surface area contributed by atoms with E-state index < -0.39 is 37.1 Å². The van der Waals surface area contributed by atoms with E-state index >= 15 is 0 Å². The molecule has 12 heteroatoms. The molecule has 1 fully saturated rings. The highest BCUT2D eigenvalue weighted by Gasteiger charge is 2.44. The minimum Gasteiger partial charge on any atom is -0.394 e. The van der Waals surface area contributed by atoms with Crippen LogP contribution < -0.4 is 10.8 Å². The summed E-state index contributed by atoms with van der Waals surface area (Å²) in [5, 5.41) is 46.3. The smallest absolute Gasteiger partial charge is 0.219 e. The minimum atomic E-state index is -1.30. The van der Waals surface area contributed by atoms with Gasteiger partial charge >= 0.3 is 0 Å². The van der Waals surface area contributed by atoms with Crippen molar-refractivity contribution >= 4 is 22.9 Å². The Morgan fingerprint density at radius 3 is 2.70 bits per heavy atom. The first-order chi connectivity index (χ1) is 11.0. The van der Waals surface area contributed by atoms with Gasteiger partial charge in [0.25, 0.3) is 0 Å². The summed E-state index contributed by atoms with van der Waals surface area (Å²) in [4.78, 5) is 11.8. The fraction of sp³-hybridized carbons (Fsp3) is 0.455. The molecule has 124 valence electrons. The number of guanidine groups is 1. The maximum atomic E-state index is 10.1. The second kappa shape index (κ2) is 5.68. The second-order valence-corrected chi connectivity index (χ2v) is 4.95. The van der Waals surface area contributed by atoms with Gasteiger partial charge in [0, 0.05) is 0 Å². The van der Waals surface area contributed by atoms with Crippen molar-refractivity contribution in [3.8, 4) is 0 Å². The van der Waals surface area contributed by atoms with Gasteiger partial charge in [0.2, 0.25) is 5.96 Å². The van der Waals surface area contributed by atoms with E-state index in [-0.39, 0.29) is 17.0 Å². The molecule has 0 amide bonds. The van der Waals surface area contributed by atoms with Crippen molar-refractivity contribution in [2.75, 3.05) is 11.7 Å². The number of ether oxygens (including phenoxy) is 1. The number of rotatable bonds is 3. The molecular formula is C11H15N7O5. The summed E-state index contributed by atoms with van der Waals surface area (Å²) < 4.78 is 6.74. The number of hydroxylamine groups is 1. The van der Waals surface area contributed by atoms with E-state index in [0.717, 1.165) is 6.33 Å². The van der Waals surface area contributed by atoms with Gasteiger partial charge in [-0.2, -0.15) is 5.06 Å². The van der Waals surface area contributed by atoms with E-state index in [1.54, 1.807) is 0 Å². The molecule has 3 rings (SSSR count). The van der Waals surface area contributed by atoms with Crippen LogP contribution in [0, 0.1) is 5.41 Å². The van der Waals surface area contributed by atoms with Gasteiger partial charge in [-0.25, -0.2) is 15.0 Å². The van der Waals surface area contributed by atoms with E-state index in [4.69, 9.17) is 21.0 Å². The lowest BCUT2D eigenvalue weighted by Gasteiger charge is -2.17. The molecule has 12 nitrogen and oxygen atoms in total. The van der Waals surface area contributed by atoms with Gasteiger partial charge in [0.1, 0.15) is 24.6 Å². The Bertz CT molecular complexity index is 737. The first-order valence-electron chi connectivity index (χ1n) is 6.58. The molecular weight excluding hydrogens is 310 g/mol. The van der Waals surface area contributed by atoms with Gasteiger partial charge in [-0.3, -0.25) is 15.2 Å². The van der Waals surface area contributed by atoms with Crippen LogP contribution in [0.4, 0.5) is 5.82 Å². The normalized spacial score (nSPS) is 27.5. The van der Waals surface area contributed by atoms with Crippen LogP contribution in [-0.2, 0) is 4.74 Å². The number of imidazole rings is 1. The minimum absolute atomic E-state index is 0.114. The van der Waals surface area contributed by atoms with Crippen molar-refractivity contribution in [1.29, 1.82) is 5.41 Å². The highest BCUT2D eigenvalue weighted by atomic mass is 16.6. The zero-order valence-electron chi connectivity index (χ0n) is 11.7. The number of aromatic nitrogens is 4. The van der Waals surface area contributed by atoms with Crippen LogP contribution in [0.2, 0.25) is 0 Å². The molecule has 1 saturated heterocycles. The Kier molecular flexibility index (Phi) is 3.83. The lowest BCUT2D eigenvalue weighted by molar-refractivity contribution is -0.0511. The monoisotopic (exact) mass is 325 g/mol. The molecule has 3 heterocycles. The topological polar surface area (TPSA) is 187 Å². The van der Waals surface area contributed by atoms with Crippen molar-refractivity contribution in [2.24, 2.45) is 5.73 Å². The third-order valence-corrected chi connectivity index (χ3v) is 3.56. The SMILES string of the molecule is N=C(N)N(O)c1ncnc2c1ncn2[C@@H]1O[C@H](CO)[C@H](O)[C@@H]1O. The first-order valence-corrected chi connectivity index (χ1v) is 6.58. The van der Waals surface area contributed by atoms with Crippen LogP contribution in [-0.4, -0.2) is 70.9 Å². The van der Waals surface area contributed by atoms with Gasteiger partial charge in [0.05, 0.1) is 12.9 Å². The fourth-order valence-corrected chi connectivity index (χ4v) is 2.40. The van der Waals surface area contributed by atoms with E-state index in [1.165, 1.54) is 10.9 Å². The molecule has 1 aliphatic heterocycles. The number of nitrogens with zero attached hydrogens (tertiary/aromatic N) is 5. The highest BCUT2D eigenvalue weighted by Crippen LogP contribution is 2.32. The van der Waals surface area contributed by atoms with E-state index in [1.807, 2.05) is 0 Å². The van der Waals surface area contributed by atoms with Crippen LogP contribution in [0.25, 0.3) is 11.2 Å². The number of nitrogens with two attached hydrogens (primary N) is 1. The molecule has 0 aromatic carbocycles. The summed E-state index contributed by atoms with van der Waals surface area (Å²) in [6, 6.07) is 0. The van der Waals surface area contributed by atoms with Gasteiger partial charge in [-0.15, -0.1) is 0 Å². The molecule has 0 aliphatic carbocycles. The number of hydrogen-bond acceptors (Lipinski definition) is 9.